The Balaban J connectivity index is 2.11. The van der Waals surface area contributed by atoms with Gasteiger partial charge in [-0.15, -0.1) is 11.8 Å². The van der Waals surface area contributed by atoms with Gasteiger partial charge in [0.05, 0.1) is 5.75 Å². The summed E-state index contributed by atoms with van der Waals surface area (Å²) in [5.41, 5.74) is 1.88. The molecule has 2 rings (SSSR count). The molecule has 2 amide bonds. The molecule has 1 unspecified atom stereocenters. The van der Waals surface area contributed by atoms with Gasteiger partial charge in [-0.1, -0.05) is 67.6 Å². The van der Waals surface area contributed by atoms with E-state index in [1.807, 2.05) is 76.2 Å². The number of carbonyl (C=O) groups is 2. The van der Waals surface area contributed by atoms with E-state index in [1.54, 1.807) is 16.7 Å². The fourth-order valence-corrected chi connectivity index (χ4v) is 3.94. The minimum absolute atomic E-state index is 0.00862. The minimum atomic E-state index is -0.487. The highest BCUT2D eigenvalue weighted by Crippen LogP contribution is 2.17. The first-order chi connectivity index (χ1) is 13.8. The number of carbonyl (C=O) groups excluding carboxylic acids is 2. The lowest BCUT2D eigenvalue weighted by molar-refractivity contribution is -0.140. The van der Waals surface area contributed by atoms with Gasteiger partial charge in [-0.25, -0.2) is 0 Å². The largest absolute Gasteiger partial charge is 0.350 e. The lowest BCUT2D eigenvalue weighted by Gasteiger charge is -2.33. The Labute approximate surface area is 179 Å². The lowest BCUT2D eigenvalue weighted by atomic mass is 10.1. The van der Waals surface area contributed by atoms with Crippen molar-refractivity contribution in [2.45, 2.75) is 58.0 Å². The molecule has 0 aromatic heterocycles. The van der Waals surface area contributed by atoms with Gasteiger partial charge in [0.25, 0.3) is 0 Å². The van der Waals surface area contributed by atoms with Gasteiger partial charge in [-0.2, -0.15) is 0 Å². The van der Waals surface area contributed by atoms with Crippen LogP contribution in [0.1, 0.15) is 45.2 Å². The van der Waals surface area contributed by atoms with Gasteiger partial charge in [0.15, 0.2) is 0 Å². The fraction of sp³-hybridized carbons (Fsp3) is 0.417. The maximum atomic E-state index is 13.1. The number of nitrogens with zero attached hydrogens (tertiary/aromatic N) is 1. The van der Waals surface area contributed by atoms with E-state index in [-0.39, 0.29) is 17.4 Å². The Morgan fingerprint density at radius 2 is 1.52 bits per heavy atom. The summed E-state index contributed by atoms with van der Waals surface area (Å²) in [6.07, 6.45) is 0.573. The zero-order valence-corrected chi connectivity index (χ0v) is 18.7. The molecule has 0 radical (unpaired) electrons. The number of amides is 2. The van der Waals surface area contributed by atoms with E-state index in [1.165, 1.54) is 5.56 Å². The normalized spacial score (nSPS) is 12.3. The van der Waals surface area contributed by atoms with Crippen molar-refractivity contribution in [2.75, 3.05) is 5.75 Å². The quantitative estimate of drug-likeness (QED) is 0.653. The second kappa shape index (κ2) is 11.1. The Morgan fingerprint density at radius 1 is 0.966 bits per heavy atom. The second-order valence-electron chi connectivity index (χ2n) is 8.15. The maximum absolute atomic E-state index is 13.1. The summed E-state index contributed by atoms with van der Waals surface area (Å²) >= 11 is 1.58. The molecule has 0 saturated carbocycles. The summed E-state index contributed by atoms with van der Waals surface area (Å²) in [5.74, 6) is 1.01. The van der Waals surface area contributed by atoms with Gasteiger partial charge >= 0.3 is 0 Å². The third kappa shape index (κ3) is 7.94. The zero-order valence-electron chi connectivity index (χ0n) is 17.9. The van der Waals surface area contributed by atoms with Crippen LogP contribution in [0.2, 0.25) is 0 Å². The smallest absolute Gasteiger partial charge is 0.243 e. The van der Waals surface area contributed by atoms with E-state index >= 15 is 0 Å². The molecule has 0 fully saturated rings. The summed E-state index contributed by atoms with van der Waals surface area (Å²) < 4.78 is 0. The van der Waals surface area contributed by atoms with Crippen LogP contribution in [0.25, 0.3) is 0 Å². The number of rotatable bonds is 9. The van der Waals surface area contributed by atoms with Crippen LogP contribution in [0.3, 0.4) is 0 Å². The molecule has 1 atom stereocenters. The molecule has 5 heteroatoms. The molecule has 1 N–H and O–H groups in total. The lowest BCUT2D eigenvalue weighted by Crippen LogP contribution is -2.53. The first kappa shape index (κ1) is 23.0. The molecule has 0 aliphatic heterocycles. The SMILES string of the molecule is CCC(C(=O)NC(C)(C)C)N(Cc1ccccc1)C(=O)CSCc1ccccc1. The van der Waals surface area contributed by atoms with Crippen molar-refractivity contribution in [3.8, 4) is 0 Å². The van der Waals surface area contributed by atoms with Gasteiger partial charge in [0.1, 0.15) is 6.04 Å². The average Bonchev–Trinajstić information content (AvgIpc) is 2.68. The molecule has 0 spiro atoms. The van der Waals surface area contributed by atoms with Crippen molar-refractivity contribution < 1.29 is 9.59 Å². The van der Waals surface area contributed by atoms with Crippen molar-refractivity contribution in [2.24, 2.45) is 0 Å². The number of hydrogen-bond acceptors (Lipinski definition) is 3. The minimum Gasteiger partial charge on any atom is -0.350 e. The first-order valence-corrected chi connectivity index (χ1v) is 11.2. The second-order valence-corrected chi connectivity index (χ2v) is 9.13. The van der Waals surface area contributed by atoms with Crippen LogP contribution >= 0.6 is 11.8 Å². The predicted octanol–water partition coefficient (Wildman–Crippen LogP) is 4.64. The molecule has 2 aromatic rings. The predicted molar refractivity (Wildman–Crippen MR) is 122 cm³/mol. The molecular weight excluding hydrogens is 380 g/mol. The summed E-state index contributed by atoms with van der Waals surface area (Å²) in [4.78, 5) is 27.8. The molecule has 0 bridgehead atoms. The van der Waals surface area contributed by atoms with Gasteiger partial charge in [-0.3, -0.25) is 9.59 Å². The number of benzene rings is 2. The average molecular weight is 413 g/mol. The summed E-state index contributed by atoms with van der Waals surface area (Å²) in [7, 11) is 0. The topological polar surface area (TPSA) is 49.4 Å². The van der Waals surface area contributed by atoms with Crippen LogP contribution < -0.4 is 5.32 Å². The van der Waals surface area contributed by atoms with E-state index in [0.717, 1.165) is 11.3 Å². The maximum Gasteiger partial charge on any atom is 0.243 e. The molecule has 2 aromatic carbocycles. The molecule has 0 saturated heterocycles. The van der Waals surface area contributed by atoms with Crippen LogP contribution in [0, 0.1) is 0 Å². The molecular formula is C24H32N2O2S. The van der Waals surface area contributed by atoms with Gasteiger partial charge in [0.2, 0.25) is 11.8 Å². The van der Waals surface area contributed by atoms with Gasteiger partial charge in [-0.05, 0) is 38.3 Å². The number of hydrogen-bond donors (Lipinski definition) is 1. The molecule has 156 valence electrons. The Hall–Kier alpha value is -2.27. The van der Waals surface area contributed by atoms with Crippen LogP contribution in [0.4, 0.5) is 0 Å². The standard InChI is InChI=1S/C24H32N2O2S/c1-5-21(23(28)25-24(2,3)4)26(16-19-12-8-6-9-13-19)22(27)18-29-17-20-14-10-7-11-15-20/h6-15,21H,5,16-18H2,1-4H3,(H,25,28). The summed E-state index contributed by atoms with van der Waals surface area (Å²) in [5, 5.41) is 3.03. The number of nitrogens with one attached hydrogen (secondary N) is 1. The van der Waals surface area contributed by atoms with Crippen molar-refractivity contribution in [1.82, 2.24) is 10.2 Å². The monoisotopic (exact) mass is 412 g/mol. The Morgan fingerprint density at radius 3 is 2.03 bits per heavy atom. The van der Waals surface area contributed by atoms with Crippen molar-refractivity contribution in [3.05, 3.63) is 71.8 Å². The third-order valence-electron chi connectivity index (χ3n) is 4.42. The van der Waals surface area contributed by atoms with E-state index in [0.29, 0.717) is 18.7 Å². The summed E-state index contributed by atoms with van der Waals surface area (Å²) in [6.45, 7) is 8.25. The van der Waals surface area contributed by atoms with E-state index < -0.39 is 6.04 Å². The highest BCUT2D eigenvalue weighted by molar-refractivity contribution is 7.99. The molecule has 0 aliphatic carbocycles. The van der Waals surface area contributed by atoms with E-state index in [2.05, 4.69) is 17.4 Å². The third-order valence-corrected chi connectivity index (χ3v) is 5.41. The zero-order chi connectivity index (χ0) is 21.3. The van der Waals surface area contributed by atoms with Crippen molar-refractivity contribution >= 4 is 23.6 Å². The fourth-order valence-electron chi connectivity index (χ4n) is 3.07. The molecule has 0 heterocycles. The highest BCUT2D eigenvalue weighted by atomic mass is 32.2. The van der Waals surface area contributed by atoms with Crippen molar-refractivity contribution in [1.29, 1.82) is 0 Å². The molecule has 4 nitrogen and oxygen atoms in total. The van der Waals surface area contributed by atoms with Crippen LogP contribution in [-0.2, 0) is 21.9 Å². The summed E-state index contributed by atoms with van der Waals surface area (Å²) in [6, 6.07) is 19.5. The number of thioether (sulfide) groups is 1. The first-order valence-electron chi connectivity index (χ1n) is 10.1. The van der Waals surface area contributed by atoms with Crippen LogP contribution in [0.15, 0.2) is 60.7 Å². The molecule has 29 heavy (non-hydrogen) atoms. The van der Waals surface area contributed by atoms with Crippen LogP contribution in [-0.4, -0.2) is 34.0 Å². The van der Waals surface area contributed by atoms with Crippen molar-refractivity contribution in [3.63, 3.8) is 0 Å². The van der Waals surface area contributed by atoms with E-state index in [9.17, 15) is 9.59 Å². The molecule has 0 aliphatic rings. The van der Waals surface area contributed by atoms with Gasteiger partial charge < -0.3 is 10.2 Å². The van der Waals surface area contributed by atoms with Gasteiger partial charge in [0, 0.05) is 17.8 Å². The Bertz CT molecular complexity index is 772. The highest BCUT2D eigenvalue weighted by Gasteiger charge is 2.30. The Kier molecular flexibility index (Phi) is 8.77. The van der Waals surface area contributed by atoms with Crippen LogP contribution in [0.5, 0.6) is 0 Å². The van der Waals surface area contributed by atoms with E-state index in [4.69, 9.17) is 0 Å².